The van der Waals surface area contributed by atoms with E-state index < -0.39 is 10.9 Å². The van der Waals surface area contributed by atoms with Crippen LogP contribution in [0, 0.1) is 16.0 Å². The quantitative estimate of drug-likeness (QED) is 0.668. The van der Waals surface area contributed by atoms with E-state index in [4.69, 9.17) is 5.11 Å². The van der Waals surface area contributed by atoms with Gasteiger partial charge in [-0.25, -0.2) is 0 Å². The van der Waals surface area contributed by atoms with Gasteiger partial charge in [0.15, 0.2) is 0 Å². The van der Waals surface area contributed by atoms with Gasteiger partial charge < -0.3 is 10.0 Å². The molecule has 2 rings (SSSR count). The van der Waals surface area contributed by atoms with Crippen LogP contribution < -0.4 is 0 Å². The molecule has 0 bridgehead atoms. The molecule has 1 fully saturated rings. The smallest absolute Gasteiger partial charge is 0.324 e. The molecule has 1 aromatic heterocycles. The lowest BCUT2D eigenvalue weighted by molar-refractivity contribution is -0.380. The number of amides is 1. The number of hydrogen-bond donors (Lipinski definition) is 1. The summed E-state index contributed by atoms with van der Waals surface area (Å²) in [6.45, 7) is 0.898. The molecule has 19 heavy (non-hydrogen) atoms. The maximum Gasteiger partial charge on any atom is 0.324 e. The van der Waals surface area contributed by atoms with Crippen molar-refractivity contribution in [1.29, 1.82) is 0 Å². The van der Waals surface area contributed by atoms with Gasteiger partial charge in [0.25, 0.3) is 5.91 Å². The topological polar surface area (TPSA) is 101 Å². The minimum absolute atomic E-state index is 0.0323. The standard InChI is InChI=1S/C11H12N2O5S/c14-10(15)3-7-1-2-12(5-7)11(16)8-4-9(13(17)18)19-6-8/h4,6-7H,1-3,5H2,(H,14,15). The van der Waals surface area contributed by atoms with E-state index in [-0.39, 0.29) is 23.2 Å². The molecule has 0 aliphatic carbocycles. The molecule has 1 N–H and O–H groups in total. The van der Waals surface area contributed by atoms with E-state index in [0.717, 1.165) is 11.3 Å². The van der Waals surface area contributed by atoms with Crippen LogP contribution >= 0.6 is 11.3 Å². The summed E-state index contributed by atoms with van der Waals surface area (Å²) in [7, 11) is 0. The number of likely N-dealkylation sites (tertiary alicyclic amines) is 1. The van der Waals surface area contributed by atoms with Crippen molar-refractivity contribution in [3.05, 3.63) is 27.1 Å². The summed E-state index contributed by atoms with van der Waals surface area (Å²) in [5, 5.41) is 20.7. The highest BCUT2D eigenvalue weighted by atomic mass is 32.1. The van der Waals surface area contributed by atoms with Gasteiger partial charge in [0.05, 0.1) is 10.5 Å². The van der Waals surface area contributed by atoms with E-state index in [1.54, 1.807) is 4.90 Å². The summed E-state index contributed by atoms with van der Waals surface area (Å²) in [5.41, 5.74) is 0.299. The van der Waals surface area contributed by atoms with Gasteiger partial charge in [0.1, 0.15) is 0 Å². The highest BCUT2D eigenvalue weighted by Gasteiger charge is 2.29. The number of nitro groups is 1. The van der Waals surface area contributed by atoms with Crippen LogP contribution in [0.4, 0.5) is 5.00 Å². The zero-order valence-corrected chi connectivity index (χ0v) is 10.8. The molecule has 1 aliphatic rings. The number of carbonyl (C=O) groups is 2. The average Bonchev–Trinajstić information content (AvgIpc) is 2.95. The maximum atomic E-state index is 12.1. The summed E-state index contributed by atoms with van der Waals surface area (Å²) in [6.07, 6.45) is 0.706. The zero-order valence-electron chi connectivity index (χ0n) is 9.94. The largest absolute Gasteiger partial charge is 0.481 e. The first-order valence-electron chi connectivity index (χ1n) is 5.71. The molecule has 0 aromatic carbocycles. The van der Waals surface area contributed by atoms with Crippen LogP contribution in [0.1, 0.15) is 23.2 Å². The minimum atomic E-state index is -0.870. The summed E-state index contributed by atoms with van der Waals surface area (Å²) in [4.78, 5) is 34.3. The fraction of sp³-hybridized carbons (Fsp3) is 0.455. The second-order valence-corrected chi connectivity index (χ2v) is 5.32. The van der Waals surface area contributed by atoms with Crippen molar-refractivity contribution in [2.45, 2.75) is 12.8 Å². The summed E-state index contributed by atoms with van der Waals surface area (Å²) in [6, 6.07) is 1.26. The first-order chi connectivity index (χ1) is 8.97. The van der Waals surface area contributed by atoms with Crippen LogP contribution in [0.25, 0.3) is 0 Å². The summed E-state index contributed by atoms with van der Waals surface area (Å²) >= 11 is 0.916. The number of rotatable bonds is 4. The van der Waals surface area contributed by atoms with Crippen LogP contribution in [0.2, 0.25) is 0 Å². The Morgan fingerprint density at radius 1 is 1.58 bits per heavy atom. The first-order valence-corrected chi connectivity index (χ1v) is 6.59. The number of nitrogens with zero attached hydrogens (tertiary/aromatic N) is 2. The number of carbonyl (C=O) groups excluding carboxylic acids is 1. The van der Waals surface area contributed by atoms with E-state index in [9.17, 15) is 19.7 Å². The molecule has 1 unspecified atom stereocenters. The fourth-order valence-corrected chi connectivity index (χ4v) is 2.84. The molecular formula is C11H12N2O5S. The van der Waals surface area contributed by atoms with E-state index in [0.29, 0.717) is 25.1 Å². The normalized spacial score (nSPS) is 18.5. The number of carboxylic acids is 1. The predicted octanol–water partition coefficient (Wildman–Crippen LogP) is 1.59. The third-order valence-corrected chi connectivity index (χ3v) is 3.93. The Morgan fingerprint density at radius 3 is 2.89 bits per heavy atom. The van der Waals surface area contributed by atoms with Crippen LogP contribution in [-0.2, 0) is 4.79 Å². The molecule has 0 radical (unpaired) electrons. The Labute approximate surface area is 112 Å². The zero-order chi connectivity index (χ0) is 14.0. The van der Waals surface area contributed by atoms with Crippen molar-refractivity contribution < 1.29 is 19.6 Å². The van der Waals surface area contributed by atoms with E-state index >= 15 is 0 Å². The molecule has 0 saturated carbocycles. The van der Waals surface area contributed by atoms with Gasteiger partial charge >= 0.3 is 11.0 Å². The van der Waals surface area contributed by atoms with Crippen LogP contribution in [0.3, 0.4) is 0 Å². The molecule has 7 nitrogen and oxygen atoms in total. The van der Waals surface area contributed by atoms with Crippen molar-refractivity contribution in [2.24, 2.45) is 5.92 Å². The number of thiophene rings is 1. The Kier molecular flexibility index (Phi) is 3.79. The highest BCUT2D eigenvalue weighted by molar-refractivity contribution is 7.13. The Morgan fingerprint density at radius 2 is 2.32 bits per heavy atom. The van der Waals surface area contributed by atoms with Crippen molar-refractivity contribution in [2.75, 3.05) is 13.1 Å². The van der Waals surface area contributed by atoms with Gasteiger partial charge in [-0.15, -0.1) is 0 Å². The molecule has 8 heteroatoms. The number of hydrogen-bond acceptors (Lipinski definition) is 5. The predicted molar refractivity (Wildman–Crippen MR) is 67.2 cm³/mol. The first kappa shape index (κ1) is 13.5. The molecule has 0 spiro atoms. The van der Waals surface area contributed by atoms with Gasteiger partial charge in [-0.2, -0.15) is 0 Å². The maximum absolute atomic E-state index is 12.1. The summed E-state index contributed by atoms with van der Waals surface area (Å²) in [5.74, 6) is -1.17. The lowest BCUT2D eigenvalue weighted by Crippen LogP contribution is -2.28. The Balaban J connectivity index is 2.00. The number of carboxylic acid groups (broad SMARTS) is 1. The fourth-order valence-electron chi connectivity index (χ4n) is 2.15. The minimum Gasteiger partial charge on any atom is -0.481 e. The van der Waals surface area contributed by atoms with Gasteiger partial charge in [-0.05, 0) is 12.3 Å². The second-order valence-electron chi connectivity index (χ2n) is 4.43. The molecular weight excluding hydrogens is 272 g/mol. The Hall–Kier alpha value is -1.96. The average molecular weight is 284 g/mol. The van der Waals surface area contributed by atoms with Gasteiger partial charge in [0, 0.05) is 31.0 Å². The lowest BCUT2D eigenvalue weighted by atomic mass is 10.1. The molecule has 1 atom stereocenters. The van der Waals surface area contributed by atoms with E-state index in [1.807, 2.05) is 0 Å². The van der Waals surface area contributed by atoms with Gasteiger partial charge in [0.2, 0.25) is 0 Å². The van der Waals surface area contributed by atoms with Crippen LogP contribution in [0.15, 0.2) is 11.4 Å². The van der Waals surface area contributed by atoms with Gasteiger partial charge in [-0.3, -0.25) is 19.7 Å². The molecule has 1 amide bonds. The third-order valence-electron chi connectivity index (χ3n) is 3.05. The van der Waals surface area contributed by atoms with Crippen molar-refractivity contribution in [3.63, 3.8) is 0 Å². The highest BCUT2D eigenvalue weighted by Crippen LogP contribution is 2.26. The van der Waals surface area contributed by atoms with E-state index in [2.05, 4.69) is 0 Å². The molecule has 1 aromatic rings. The second kappa shape index (κ2) is 5.35. The molecule has 1 aliphatic heterocycles. The van der Waals surface area contributed by atoms with Crippen LogP contribution in [-0.4, -0.2) is 39.9 Å². The summed E-state index contributed by atoms with van der Waals surface area (Å²) < 4.78 is 0. The Bertz CT molecular complexity index is 527. The molecule has 1 saturated heterocycles. The van der Waals surface area contributed by atoms with Crippen molar-refractivity contribution >= 4 is 28.2 Å². The van der Waals surface area contributed by atoms with Crippen molar-refractivity contribution in [1.82, 2.24) is 4.90 Å². The van der Waals surface area contributed by atoms with E-state index in [1.165, 1.54) is 11.4 Å². The monoisotopic (exact) mass is 284 g/mol. The van der Waals surface area contributed by atoms with Crippen LogP contribution in [0.5, 0.6) is 0 Å². The SMILES string of the molecule is O=C(O)CC1CCN(C(=O)c2csc([N+](=O)[O-])c2)C1. The lowest BCUT2D eigenvalue weighted by Gasteiger charge is -2.14. The third kappa shape index (κ3) is 3.08. The molecule has 2 heterocycles. The van der Waals surface area contributed by atoms with Crippen molar-refractivity contribution in [3.8, 4) is 0 Å². The number of aliphatic carboxylic acids is 1. The molecule has 102 valence electrons. The van der Waals surface area contributed by atoms with Gasteiger partial charge in [-0.1, -0.05) is 11.3 Å².